The van der Waals surface area contributed by atoms with Gasteiger partial charge >= 0.3 is 0 Å². The normalized spacial score (nSPS) is 19.9. The first-order chi connectivity index (χ1) is 10.5. The number of hydrogen-bond acceptors (Lipinski definition) is 2. The average molecular weight is 292 g/mol. The summed E-state index contributed by atoms with van der Waals surface area (Å²) in [6.45, 7) is 6.72. The fourth-order valence-electron chi connectivity index (χ4n) is 3.41. The Morgan fingerprint density at radius 3 is 2.27 bits per heavy atom. The predicted octanol–water partition coefficient (Wildman–Crippen LogP) is 5.21. The molecule has 1 aromatic rings. The van der Waals surface area contributed by atoms with Crippen LogP contribution in [0.1, 0.15) is 51.5 Å². The standard InChI is InChI=1S/C20H24N2/c1-20(2,3)18-11-7-10-16(12-18)19(17(13-21)14-22)15-8-5-4-6-9-15/h4-6,8-9,12,16-17,19H,7,10-11H2,1-3H3/t16-,19-/m1/s1. The molecule has 0 amide bonds. The molecule has 0 heterocycles. The van der Waals surface area contributed by atoms with Gasteiger partial charge in [0.25, 0.3) is 0 Å². The van der Waals surface area contributed by atoms with Crippen molar-refractivity contribution in [3.05, 3.63) is 47.5 Å². The van der Waals surface area contributed by atoms with E-state index in [4.69, 9.17) is 0 Å². The lowest BCUT2D eigenvalue weighted by atomic mass is 9.69. The summed E-state index contributed by atoms with van der Waals surface area (Å²) < 4.78 is 0. The minimum atomic E-state index is -0.594. The maximum Gasteiger partial charge on any atom is 0.140 e. The molecule has 0 spiro atoms. The molecule has 2 rings (SSSR count). The molecular formula is C20H24N2. The molecule has 0 N–H and O–H groups in total. The van der Waals surface area contributed by atoms with Crippen molar-refractivity contribution >= 4 is 0 Å². The Balaban J connectivity index is 2.42. The van der Waals surface area contributed by atoms with Crippen LogP contribution in [0.5, 0.6) is 0 Å². The van der Waals surface area contributed by atoms with Gasteiger partial charge in [0.2, 0.25) is 0 Å². The first kappa shape index (κ1) is 16.3. The van der Waals surface area contributed by atoms with Gasteiger partial charge in [0.1, 0.15) is 5.92 Å². The van der Waals surface area contributed by atoms with Crippen LogP contribution >= 0.6 is 0 Å². The molecule has 0 aromatic heterocycles. The lowest BCUT2D eigenvalue weighted by Gasteiger charge is -2.34. The molecule has 114 valence electrons. The van der Waals surface area contributed by atoms with Gasteiger partial charge in [-0.3, -0.25) is 0 Å². The topological polar surface area (TPSA) is 47.6 Å². The van der Waals surface area contributed by atoms with Crippen LogP contribution in [0.25, 0.3) is 0 Å². The summed E-state index contributed by atoms with van der Waals surface area (Å²) in [6, 6.07) is 14.5. The molecule has 2 atom stereocenters. The van der Waals surface area contributed by atoms with Crippen molar-refractivity contribution in [2.45, 2.75) is 46.0 Å². The zero-order chi connectivity index (χ0) is 16.2. The van der Waals surface area contributed by atoms with Gasteiger partial charge in [0.05, 0.1) is 12.1 Å². The first-order valence-corrected chi connectivity index (χ1v) is 8.02. The van der Waals surface area contributed by atoms with Gasteiger partial charge in [-0.2, -0.15) is 10.5 Å². The fourth-order valence-corrected chi connectivity index (χ4v) is 3.41. The van der Waals surface area contributed by atoms with Crippen molar-refractivity contribution in [3.8, 4) is 12.1 Å². The molecular weight excluding hydrogens is 268 g/mol. The molecule has 2 heteroatoms. The van der Waals surface area contributed by atoms with Gasteiger partial charge < -0.3 is 0 Å². The third-order valence-corrected chi connectivity index (χ3v) is 4.65. The second kappa shape index (κ2) is 6.80. The number of rotatable bonds is 3. The molecule has 0 bridgehead atoms. The highest BCUT2D eigenvalue weighted by Crippen LogP contribution is 2.42. The molecule has 0 fully saturated rings. The maximum atomic E-state index is 9.42. The van der Waals surface area contributed by atoms with Gasteiger partial charge in [-0.05, 0) is 36.2 Å². The van der Waals surface area contributed by atoms with Crippen LogP contribution in [0.3, 0.4) is 0 Å². The Kier molecular flexibility index (Phi) is 5.04. The molecule has 1 aliphatic rings. The van der Waals surface area contributed by atoms with E-state index in [0.29, 0.717) is 0 Å². The number of allylic oxidation sites excluding steroid dienone is 2. The largest absolute Gasteiger partial charge is 0.197 e. The van der Waals surface area contributed by atoms with Crippen molar-refractivity contribution < 1.29 is 0 Å². The molecule has 0 saturated carbocycles. The lowest BCUT2D eigenvalue weighted by molar-refractivity contribution is 0.374. The highest BCUT2D eigenvalue weighted by molar-refractivity contribution is 5.29. The van der Waals surface area contributed by atoms with Crippen molar-refractivity contribution in [1.29, 1.82) is 10.5 Å². The third-order valence-electron chi connectivity index (χ3n) is 4.65. The summed E-state index contributed by atoms with van der Waals surface area (Å²) in [5.74, 6) is -0.355. The molecule has 0 unspecified atom stereocenters. The summed E-state index contributed by atoms with van der Waals surface area (Å²) in [5, 5.41) is 18.8. The number of benzene rings is 1. The minimum Gasteiger partial charge on any atom is -0.197 e. The highest BCUT2D eigenvalue weighted by Gasteiger charge is 2.33. The van der Waals surface area contributed by atoms with E-state index >= 15 is 0 Å². The number of nitrogens with zero attached hydrogens (tertiary/aromatic N) is 2. The monoisotopic (exact) mass is 292 g/mol. The number of nitriles is 2. The second-order valence-electron chi connectivity index (χ2n) is 7.17. The van der Waals surface area contributed by atoms with Crippen LogP contribution < -0.4 is 0 Å². The zero-order valence-corrected chi connectivity index (χ0v) is 13.7. The Hall–Kier alpha value is -2.06. The van der Waals surface area contributed by atoms with Gasteiger partial charge in [-0.15, -0.1) is 0 Å². The van der Waals surface area contributed by atoms with Crippen LogP contribution in [0.2, 0.25) is 0 Å². The summed E-state index contributed by atoms with van der Waals surface area (Å²) in [4.78, 5) is 0. The van der Waals surface area contributed by atoms with E-state index in [9.17, 15) is 10.5 Å². The lowest BCUT2D eigenvalue weighted by Crippen LogP contribution is -2.23. The van der Waals surface area contributed by atoms with E-state index in [0.717, 1.165) is 24.8 Å². The quantitative estimate of drug-likeness (QED) is 0.718. The number of hydrogen-bond donors (Lipinski definition) is 0. The molecule has 2 nitrogen and oxygen atoms in total. The van der Waals surface area contributed by atoms with Crippen molar-refractivity contribution in [2.75, 3.05) is 0 Å². The third kappa shape index (κ3) is 3.58. The summed E-state index contributed by atoms with van der Waals surface area (Å²) in [6.07, 6.45) is 5.67. The molecule has 0 aliphatic heterocycles. The van der Waals surface area contributed by atoms with Crippen LogP contribution in [-0.2, 0) is 0 Å². The predicted molar refractivity (Wildman–Crippen MR) is 88.8 cm³/mol. The first-order valence-electron chi connectivity index (χ1n) is 8.02. The molecule has 22 heavy (non-hydrogen) atoms. The Morgan fingerprint density at radius 1 is 1.09 bits per heavy atom. The van der Waals surface area contributed by atoms with Gasteiger partial charge in [0, 0.05) is 5.92 Å². The summed E-state index contributed by atoms with van der Waals surface area (Å²) >= 11 is 0. The average Bonchev–Trinajstić information content (AvgIpc) is 2.52. The molecule has 0 radical (unpaired) electrons. The van der Waals surface area contributed by atoms with Gasteiger partial charge in [-0.1, -0.05) is 62.8 Å². The van der Waals surface area contributed by atoms with Gasteiger partial charge in [0.15, 0.2) is 0 Å². The second-order valence-corrected chi connectivity index (χ2v) is 7.17. The minimum absolute atomic E-state index is 0.0335. The van der Waals surface area contributed by atoms with Crippen molar-refractivity contribution in [1.82, 2.24) is 0 Å². The van der Waals surface area contributed by atoms with E-state index in [1.807, 2.05) is 30.3 Å². The van der Waals surface area contributed by atoms with Crippen LogP contribution in [-0.4, -0.2) is 0 Å². The fraction of sp³-hybridized carbons (Fsp3) is 0.500. The Labute approximate surface area is 134 Å². The van der Waals surface area contributed by atoms with E-state index in [-0.39, 0.29) is 17.3 Å². The van der Waals surface area contributed by atoms with E-state index < -0.39 is 5.92 Å². The van der Waals surface area contributed by atoms with E-state index in [2.05, 4.69) is 39.0 Å². The van der Waals surface area contributed by atoms with Gasteiger partial charge in [-0.25, -0.2) is 0 Å². The van der Waals surface area contributed by atoms with Crippen LogP contribution in [0.15, 0.2) is 42.0 Å². The van der Waals surface area contributed by atoms with Crippen LogP contribution in [0.4, 0.5) is 0 Å². The van der Waals surface area contributed by atoms with E-state index in [1.54, 1.807) is 0 Å². The maximum absolute atomic E-state index is 9.42. The molecule has 1 aromatic carbocycles. The van der Waals surface area contributed by atoms with Crippen LogP contribution in [0, 0.1) is 39.9 Å². The zero-order valence-electron chi connectivity index (χ0n) is 13.7. The van der Waals surface area contributed by atoms with Crippen molar-refractivity contribution in [2.24, 2.45) is 17.3 Å². The molecule has 1 aliphatic carbocycles. The summed E-state index contributed by atoms with van der Waals surface area (Å²) in [5.41, 5.74) is 2.72. The van der Waals surface area contributed by atoms with Crippen molar-refractivity contribution in [3.63, 3.8) is 0 Å². The molecule has 0 saturated heterocycles. The highest BCUT2D eigenvalue weighted by atomic mass is 14.4. The Morgan fingerprint density at radius 2 is 1.73 bits per heavy atom. The smallest absolute Gasteiger partial charge is 0.140 e. The van der Waals surface area contributed by atoms with E-state index in [1.165, 1.54) is 5.57 Å². The SMILES string of the molecule is CC(C)(C)C1=C[C@H]([C@@H](c2ccccc2)C(C#N)C#N)CCC1. The summed E-state index contributed by atoms with van der Waals surface area (Å²) in [7, 11) is 0. The Bertz CT molecular complexity index is 594.